The van der Waals surface area contributed by atoms with Crippen molar-refractivity contribution < 1.29 is 32.8 Å². The molecule has 0 rings (SSSR count). The Bertz CT molecular complexity index is 478. The Morgan fingerprint density at radius 1 is 1.00 bits per heavy atom. The van der Waals surface area contributed by atoms with Gasteiger partial charge < -0.3 is 10.2 Å². The maximum absolute atomic E-state index is 11.8. The quantitative estimate of drug-likeness (QED) is 0.270. The van der Waals surface area contributed by atoms with Crippen molar-refractivity contribution in [3.63, 3.8) is 0 Å². The summed E-state index contributed by atoms with van der Waals surface area (Å²) in [5.74, 6) is -4.97. The standard InChI is InChI=1S/C14H26O7S.CH4.Na.H/c1-3-5-7-9-11(12(15)16)14(13(17)18,22(19,20)21)10-8-6-4-2;;;/h11H,3-10H2,1-2H3,(H,15,16)(H,17,18)(H,19,20,21);1H4;;. The number of carboxylic acids is 2. The topological polar surface area (TPSA) is 129 Å². The van der Waals surface area contributed by atoms with Crippen molar-refractivity contribution in [3.05, 3.63) is 0 Å². The van der Waals surface area contributed by atoms with Crippen molar-refractivity contribution in [2.45, 2.75) is 77.4 Å². The molecule has 0 fully saturated rings. The fourth-order valence-corrected chi connectivity index (χ4v) is 3.84. The van der Waals surface area contributed by atoms with Gasteiger partial charge in [-0.1, -0.05) is 59.8 Å². The van der Waals surface area contributed by atoms with E-state index >= 15 is 0 Å². The van der Waals surface area contributed by atoms with Gasteiger partial charge in [-0.2, -0.15) is 8.42 Å². The molecule has 0 bridgehead atoms. The number of hydrogen-bond donors (Lipinski definition) is 3. The molecule has 0 aromatic heterocycles. The van der Waals surface area contributed by atoms with Crippen molar-refractivity contribution >= 4 is 51.6 Å². The molecule has 0 amide bonds. The molecule has 140 valence electrons. The van der Waals surface area contributed by atoms with E-state index in [9.17, 15) is 32.8 Å². The zero-order valence-electron chi connectivity index (χ0n) is 13.1. The summed E-state index contributed by atoms with van der Waals surface area (Å²) in [6.45, 7) is 3.75. The summed E-state index contributed by atoms with van der Waals surface area (Å²) in [7, 11) is -5.07. The first-order valence-corrected chi connectivity index (χ1v) is 9.02. The van der Waals surface area contributed by atoms with Crippen molar-refractivity contribution in [3.8, 4) is 0 Å². The fourth-order valence-electron chi connectivity index (χ4n) is 2.64. The molecule has 0 radical (unpaired) electrons. The van der Waals surface area contributed by atoms with Crippen LogP contribution in [-0.2, 0) is 19.7 Å². The molecule has 0 aromatic carbocycles. The molecule has 2 unspecified atom stereocenters. The van der Waals surface area contributed by atoms with Crippen molar-refractivity contribution in [2.75, 3.05) is 0 Å². The predicted molar refractivity (Wildman–Crippen MR) is 95.2 cm³/mol. The summed E-state index contributed by atoms with van der Waals surface area (Å²) in [5, 5.41) is 18.8. The van der Waals surface area contributed by atoms with Crippen LogP contribution in [0, 0.1) is 5.92 Å². The van der Waals surface area contributed by atoms with Crippen LogP contribution in [0.5, 0.6) is 0 Å². The average Bonchev–Trinajstić information content (AvgIpc) is 2.38. The van der Waals surface area contributed by atoms with E-state index in [0.717, 1.165) is 12.8 Å². The van der Waals surface area contributed by atoms with Crippen molar-refractivity contribution in [1.82, 2.24) is 0 Å². The third kappa shape index (κ3) is 7.39. The van der Waals surface area contributed by atoms with Gasteiger partial charge in [-0.15, -0.1) is 0 Å². The molecule has 0 aliphatic heterocycles. The molecule has 3 N–H and O–H groups in total. The first-order chi connectivity index (χ1) is 10.1. The molecule has 24 heavy (non-hydrogen) atoms. The fraction of sp³-hybridized carbons (Fsp3) is 0.867. The second kappa shape index (κ2) is 13.1. The van der Waals surface area contributed by atoms with E-state index < -0.39 is 39.1 Å². The zero-order chi connectivity index (χ0) is 17.4. The summed E-state index contributed by atoms with van der Waals surface area (Å²) in [4.78, 5) is 23.1. The van der Waals surface area contributed by atoms with E-state index in [0.29, 0.717) is 19.3 Å². The van der Waals surface area contributed by atoms with E-state index in [1.54, 1.807) is 0 Å². The summed E-state index contributed by atoms with van der Waals surface area (Å²) in [6.07, 6.45) is 2.85. The first-order valence-electron chi connectivity index (χ1n) is 7.58. The van der Waals surface area contributed by atoms with E-state index in [1.807, 2.05) is 13.8 Å². The normalized spacial score (nSPS) is 14.6. The molecule has 0 aromatic rings. The molecule has 0 saturated heterocycles. The minimum atomic E-state index is -5.07. The second-order valence-corrected chi connectivity index (χ2v) is 7.19. The Balaban J connectivity index is -0.00000220. The molecular formula is C15H31NaO7S. The van der Waals surface area contributed by atoms with E-state index in [-0.39, 0.29) is 49.8 Å². The Kier molecular flexibility index (Phi) is 15.6. The Morgan fingerprint density at radius 3 is 1.79 bits per heavy atom. The summed E-state index contributed by atoms with van der Waals surface area (Å²) < 4.78 is 30.4. The van der Waals surface area contributed by atoms with Crippen LogP contribution in [0.1, 0.15) is 72.6 Å². The van der Waals surface area contributed by atoms with Crippen LogP contribution in [0.4, 0.5) is 0 Å². The van der Waals surface area contributed by atoms with Gasteiger partial charge in [-0.05, 0) is 12.8 Å². The van der Waals surface area contributed by atoms with Gasteiger partial charge in [-0.3, -0.25) is 14.1 Å². The van der Waals surface area contributed by atoms with Crippen molar-refractivity contribution in [2.24, 2.45) is 5.92 Å². The summed E-state index contributed by atoms with van der Waals surface area (Å²) in [6, 6.07) is 0. The number of rotatable bonds is 12. The maximum atomic E-state index is 11.8. The number of hydrogen-bond acceptors (Lipinski definition) is 4. The van der Waals surface area contributed by atoms with Gasteiger partial charge in [0.1, 0.15) is 0 Å². The molecule has 0 spiro atoms. The molecule has 0 aliphatic rings. The van der Waals surface area contributed by atoms with Gasteiger partial charge >= 0.3 is 41.5 Å². The van der Waals surface area contributed by atoms with E-state index in [2.05, 4.69) is 0 Å². The van der Waals surface area contributed by atoms with E-state index in [1.165, 1.54) is 0 Å². The monoisotopic (exact) mass is 378 g/mol. The van der Waals surface area contributed by atoms with Crippen LogP contribution < -0.4 is 0 Å². The second-order valence-electron chi connectivity index (χ2n) is 5.51. The summed E-state index contributed by atoms with van der Waals surface area (Å²) >= 11 is 0. The van der Waals surface area contributed by atoms with Gasteiger partial charge in [-0.25, -0.2) is 0 Å². The number of carbonyl (C=O) groups is 2. The minimum absolute atomic E-state index is 0. The van der Waals surface area contributed by atoms with Crippen LogP contribution in [0.3, 0.4) is 0 Å². The SMILES string of the molecule is C.CCCCCC(C(=O)O)C(CCCCC)(C(=O)O)S(=O)(=O)O.[NaH]. The van der Waals surface area contributed by atoms with Crippen molar-refractivity contribution in [1.29, 1.82) is 0 Å². The van der Waals surface area contributed by atoms with Gasteiger partial charge in [0, 0.05) is 0 Å². The molecule has 0 aliphatic carbocycles. The van der Waals surface area contributed by atoms with E-state index in [4.69, 9.17) is 0 Å². The van der Waals surface area contributed by atoms with Crippen LogP contribution in [0.25, 0.3) is 0 Å². The number of unbranched alkanes of at least 4 members (excludes halogenated alkanes) is 4. The molecule has 9 heteroatoms. The van der Waals surface area contributed by atoms with Gasteiger partial charge in [0.15, 0.2) is 0 Å². The van der Waals surface area contributed by atoms with Crippen LogP contribution in [0.15, 0.2) is 0 Å². The number of carboxylic acid groups (broad SMARTS) is 2. The van der Waals surface area contributed by atoms with Crippen LogP contribution >= 0.6 is 0 Å². The number of aliphatic carboxylic acids is 2. The van der Waals surface area contributed by atoms with Gasteiger partial charge in [0.05, 0.1) is 5.92 Å². The molecular weight excluding hydrogens is 347 g/mol. The average molecular weight is 378 g/mol. The molecule has 7 nitrogen and oxygen atoms in total. The van der Waals surface area contributed by atoms with Gasteiger partial charge in [0.25, 0.3) is 10.1 Å². The molecule has 2 atom stereocenters. The Morgan fingerprint density at radius 2 is 1.46 bits per heavy atom. The summed E-state index contributed by atoms with van der Waals surface area (Å²) in [5.41, 5.74) is 0. The van der Waals surface area contributed by atoms with Crippen LogP contribution in [-0.4, -0.2) is 69.4 Å². The third-order valence-corrected chi connectivity index (χ3v) is 5.52. The Hall–Kier alpha value is -0.150. The zero-order valence-corrected chi connectivity index (χ0v) is 13.9. The van der Waals surface area contributed by atoms with Gasteiger partial charge in [0.2, 0.25) is 4.75 Å². The Labute approximate surface area is 167 Å². The molecule has 0 saturated carbocycles. The first kappa shape index (κ1) is 28.6. The molecule has 0 heterocycles. The van der Waals surface area contributed by atoms with Crippen LogP contribution in [0.2, 0.25) is 0 Å². The third-order valence-electron chi connectivity index (χ3n) is 3.93. The predicted octanol–water partition coefficient (Wildman–Crippen LogP) is 2.55.